The van der Waals surface area contributed by atoms with Crippen LogP contribution in [0.2, 0.25) is 0 Å². The molecule has 2 aliphatic heterocycles. The Morgan fingerprint density at radius 2 is 1.71 bits per heavy atom. The maximum atomic E-state index is 14.4. The third-order valence-corrected chi connectivity index (χ3v) is 7.62. The molecule has 1 N–H and O–H groups in total. The van der Waals surface area contributed by atoms with Crippen molar-refractivity contribution in [1.29, 1.82) is 0 Å². The van der Waals surface area contributed by atoms with Gasteiger partial charge in [0.25, 0.3) is 0 Å². The molecule has 1 atom stereocenters. The predicted octanol–water partition coefficient (Wildman–Crippen LogP) is 3.11. The van der Waals surface area contributed by atoms with Gasteiger partial charge in [-0.2, -0.15) is 0 Å². The molecule has 0 spiro atoms. The summed E-state index contributed by atoms with van der Waals surface area (Å²) >= 11 is 0. The van der Waals surface area contributed by atoms with Crippen LogP contribution >= 0.6 is 0 Å². The number of aliphatic hydroxyl groups is 1. The second-order valence-corrected chi connectivity index (χ2v) is 9.88. The van der Waals surface area contributed by atoms with Crippen molar-refractivity contribution in [2.45, 2.75) is 25.1 Å². The molecule has 0 radical (unpaired) electrons. The summed E-state index contributed by atoms with van der Waals surface area (Å²) in [7, 11) is 0. The highest BCUT2D eigenvalue weighted by molar-refractivity contribution is 5.80. The first kappa shape index (κ1) is 24.4. The summed E-state index contributed by atoms with van der Waals surface area (Å²) in [5, 5.41) is 10.8. The third kappa shape index (κ3) is 4.72. The van der Waals surface area contributed by atoms with Gasteiger partial charge in [-0.1, -0.05) is 0 Å². The number of anilines is 2. The van der Waals surface area contributed by atoms with Crippen LogP contribution in [0, 0.1) is 5.82 Å². The van der Waals surface area contributed by atoms with E-state index in [0.717, 1.165) is 34.0 Å². The fourth-order valence-electron chi connectivity index (χ4n) is 5.48. The maximum Gasteiger partial charge on any atom is 0.225 e. The molecule has 1 unspecified atom stereocenters. The van der Waals surface area contributed by atoms with E-state index in [-0.39, 0.29) is 11.9 Å². The Hall–Kier alpha value is -3.89. The Labute approximate surface area is 220 Å². The van der Waals surface area contributed by atoms with Crippen LogP contribution in [0.3, 0.4) is 0 Å². The average Bonchev–Trinajstić information content (AvgIpc) is 3.38. The Morgan fingerprint density at radius 3 is 2.45 bits per heavy atom. The van der Waals surface area contributed by atoms with Gasteiger partial charge in [0.15, 0.2) is 6.29 Å². The number of carbonyl (C=O) groups excluding carboxylic acids is 1. The molecule has 0 aliphatic carbocycles. The smallest absolute Gasteiger partial charge is 0.225 e. The summed E-state index contributed by atoms with van der Waals surface area (Å²) in [6, 6.07) is 8.76. The zero-order valence-electron chi connectivity index (χ0n) is 21.0. The number of aliphatic hydroxyl groups excluding tert-OH is 1. The van der Waals surface area contributed by atoms with Gasteiger partial charge < -0.3 is 19.5 Å². The molecule has 9 nitrogen and oxygen atoms in total. The van der Waals surface area contributed by atoms with E-state index in [0.29, 0.717) is 58.1 Å². The lowest BCUT2D eigenvalue weighted by Crippen LogP contribution is -2.49. The van der Waals surface area contributed by atoms with Gasteiger partial charge in [-0.05, 0) is 43.2 Å². The van der Waals surface area contributed by atoms with Crippen molar-refractivity contribution in [3.63, 3.8) is 0 Å². The molecule has 0 amide bonds. The zero-order chi connectivity index (χ0) is 26.1. The molecule has 0 bridgehead atoms. The molecule has 5 heterocycles. The van der Waals surface area contributed by atoms with Crippen LogP contribution in [-0.4, -0.2) is 81.2 Å². The summed E-state index contributed by atoms with van der Waals surface area (Å²) in [6.07, 6.45) is 10.7. The number of benzene rings is 1. The largest absolute Gasteiger partial charge is 0.393 e. The molecular formula is C28H30FN7O2. The highest BCUT2D eigenvalue weighted by Crippen LogP contribution is 2.33. The normalized spacial score (nSPS) is 18.2. The zero-order valence-corrected chi connectivity index (χ0v) is 21.0. The van der Waals surface area contributed by atoms with Crippen LogP contribution in [0.4, 0.5) is 16.0 Å². The molecule has 3 aromatic heterocycles. The lowest BCUT2D eigenvalue weighted by Gasteiger charge is -2.39. The van der Waals surface area contributed by atoms with Gasteiger partial charge in [0.2, 0.25) is 5.95 Å². The van der Waals surface area contributed by atoms with Gasteiger partial charge in [0, 0.05) is 86.3 Å². The number of halogens is 1. The van der Waals surface area contributed by atoms with Crippen molar-refractivity contribution in [3.05, 3.63) is 67.1 Å². The Kier molecular flexibility index (Phi) is 6.73. The van der Waals surface area contributed by atoms with E-state index in [1.165, 1.54) is 12.1 Å². The van der Waals surface area contributed by atoms with Crippen molar-refractivity contribution in [2.75, 3.05) is 49.1 Å². The number of carbonyl (C=O) groups is 1. The standard InChI is InChI=1S/C28H30FN7O2/c29-22-1-2-25(24(15-22)21-16-31-28(32-17-21)35-8-5-23(38)6-9-35)33-11-13-34(14-12-33)27(19-37)36-10-4-20-3-7-30-18-26(20)36/h1-4,7,10,15-19,23,27,38H,5-6,8-9,11-14H2. The monoisotopic (exact) mass is 515 g/mol. The van der Waals surface area contributed by atoms with Crippen molar-refractivity contribution in [2.24, 2.45) is 0 Å². The number of aldehydes is 1. The van der Waals surface area contributed by atoms with E-state index in [2.05, 4.69) is 29.7 Å². The first-order valence-electron chi connectivity index (χ1n) is 13.0. The van der Waals surface area contributed by atoms with Crippen molar-refractivity contribution < 1.29 is 14.3 Å². The van der Waals surface area contributed by atoms with E-state index in [9.17, 15) is 14.3 Å². The molecule has 2 aliphatic rings. The SMILES string of the molecule is O=CC(N1CCN(c2ccc(F)cc2-c2cnc(N3CCC(O)CC3)nc2)CC1)n1ccc2ccncc21. The van der Waals surface area contributed by atoms with E-state index in [1.54, 1.807) is 24.8 Å². The topological polar surface area (TPSA) is 90.6 Å². The molecule has 4 aromatic rings. The van der Waals surface area contributed by atoms with Crippen LogP contribution in [0.25, 0.3) is 22.0 Å². The fraction of sp³-hybridized carbons (Fsp3) is 0.357. The molecule has 1 aromatic carbocycles. The van der Waals surface area contributed by atoms with Gasteiger partial charge in [-0.25, -0.2) is 14.4 Å². The maximum absolute atomic E-state index is 14.4. The Morgan fingerprint density at radius 1 is 0.947 bits per heavy atom. The Balaban J connectivity index is 1.19. The number of piperazine rings is 1. The van der Waals surface area contributed by atoms with Gasteiger partial charge in [0.1, 0.15) is 12.0 Å². The van der Waals surface area contributed by atoms with Crippen molar-refractivity contribution in [1.82, 2.24) is 24.4 Å². The first-order valence-corrected chi connectivity index (χ1v) is 13.0. The number of aromatic nitrogens is 4. The predicted molar refractivity (Wildman–Crippen MR) is 143 cm³/mol. The summed E-state index contributed by atoms with van der Waals surface area (Å²) in [4.78, 5) is 31.9. The van der Waals surface area contributed by atoms with Crippen LogP contribution in [0.1, 0.15) is 19.0 Å². The molecule has 2 fully saturated rings. The van der Waals surface area contributed by atoms with Gasteiger partial charge >= 0.3 is 0 Å². The lowest BCUT2D eigenvalue weighted by atomic mass is 10.0. The minimum absolute atomic E-state index is 0.262. The Bertz CT molecular complexity index is 1410. The van der Waals surface area contributed by atoms with Crippen molar-refractivity contribution in [3.8, 4) is 11.1 Å². The number of rotatable bonds is 6. The molecular weight excluding hydrogens is 485 g/mol. The molecule has 0 saturated carbocycles. The number of piperidine rings is 1. The molecule has 196 valence electrons. The highest BCUT2D eigenvalue weighted by atomic mass is 19.1. The number of hydrogen-bond donors (Lipinski definition) is 1. The van der Waals surface area contributed by atoms with Crippen LogP contribution < -0.4 is 9.80 Å². The second kappa shape index (κ2) is 10.5. The van der Waals surface area contributed by atoms with Crippen LogP contribution in [-0.2, 0) is 4.79 Å². The summed E-state index contributed by atoms with van der Waals surface area (Å²) in [6.45, 7) is 4.16. The van der Waals surface area contributed by atoms with Gasteiger partial charge in [-0.15, -0.1) is 0 Å². The van der Waals surface area contributed by atoms with Crippen molar-refractivity contribution >= 4 is 28.8 Å². The lowest BCUT2D eigenvalue weighted by molar-refractivity contribution is -0.115. The number of pyridine rings is 1. The van der Waals surface area contributed by atoms with E-state index in [4.69, 9.17) is 0 Å². The van der Waals surface area contributed by atoms with E-state index < -0.39 is 6.17 Å². The number of fused-ring (bicyclic) bond motifs is 1. The first-order chi connectivity index (χ1) is 18.6. The van der Waals surface area contributed by atoms with E-state index >= 15 is 0 Å². The second-order valence-electron chi connectivity index (χ2n) is 9.88. The highest BCUT2D eigenvalue weighted by Gasteiger charge is 2.27. The summed E-state index contributed by atoms with van der Waals surface area (Å²) in [5.41, 5.74) is 3.34. The van der Waals surface area contributed by atoms with Gasteiger partial charge in [-0.3, -0.25) is 14.7 Å². The number of nitrogens with zero attached hydrogens (tertiary/aromatic N) is 7. The molecule has 10 heteroatoms. The number of hydrogen-bond acceptors (Lipinski definition) is 8. The van der Waals surface area contributed by atoms with Gasteiger partial charge in [0.05, 0.1) is 17.8 Å². The molecule has 6 rings (SSSR count). The minimum Gasteiger partial charge on any atom is -0.393 e. The average molecular weight is 516 g/mol. The molecule has 38 heavy (non-hydrogen) atoms. The minimum atomic E-state index is -0.414. The van der Waals surface area contributed by atoms with Crippen LogP contribution in [0.5, 0.6) is 0 Å². The quantitative estimate of drug-likeness (QED) is 0.392. The summed E-state index contributed by atoms with van der Waals surface area (Å²) in [5.74, 6) is 0.311. The summed E-state index contributed by atoms with van der Waals surface area (Å²) < 4.78 is 16.3. The third-order valence-electron chi connectivity index (χ3n) is 7.62. The molecule has 2 saturated heterocycles. The van der Waals surface area contributed by atoms with Crippen LogP contribution in [0.15, 0.2) is 61.3 Å². The fourth-order valence-corrected chi connectivity index (χ4v) is 5.48. The van der Waals surface area contributed by atoms with E-state index in [1.807, 2.05) is 29.0 Å².